The van der Waals surface area contributed by atoms with Gasteiger partial charge in [-0.25, -0.2) is 4.98 Å². The zero-order valence-corrected chi connectivity index (χ0v) is 11.2. The maximum Gasteiger partial charge on any atom is 0.277 e. The Hall–Kier alpha value is -2.40. The van der Waals surface area contributed by atoms with Crippen LogP contribution in [0.5, 0.6) is 5.88 Å². The first-order valence-corrected chi connectivity index (χ1v) is 6.19. The molecule has 0 fully saturated rings. The molecule has 0 N–H and O–H groups in total. The Morgan fingerprint density at radius 1 is 1.30 bits per heavy atom. The molecule has 0 radical (unpaired) electrons. The Kier molecular flexibility index (Phi) is 4.68. The molecule has 5 nitrogen and oxygen atoms in total. The number of pyridine rings is 1. The summed E-state index contributed by atoms with van der Waals surface area (Å²) in [5.74, 6) is 0.127. The molecule has 0 amide bonds. The van der Waals surface area contributed by atoms with Crippen molar-refractivity contribution < 1.29 is 9.66 Å². The van der Waals surface area contributed by atoms with E-state index in [-0.39, 0.29) is 23.3 Å². The number of aromatic nitrogens is 1. The minimum atomic E-state index is -0.541. The minimum absolute atomic E-state index is 0.0289. The molecule has 1 heterocycles. The second kappa shape index (κ2) is 6.68. The average molecular weight is 291 g/mol. The molecule has 1 aromatic carbocycles. The lowest BCUT2D eigenvalue weighted by molar-refractivity contribution is -0.385. The van der Waals surface area contributed by atoms with Crippen molar-refractivity contribution in [3.63, 3.8) is 0 Å². The van der Waals surface area contributed by atoms with Crippen LogP contribution in [0.15, 0.2) is 48.5 Å². The molecular weight excluding hydrogens is 280 g/mol. The van der Waals surface area contributed by atoms with E-state index >= 15 is 0 Å². The summed E-state index contributed by atoms with van der Waals surface area (Å²) >= 11 is 5.69. The second-order valence-electron chi connectivity index (χ2n) is 3.87. The van der Waals surface area contributed by atoms with Crippen LogP contribution >= 0.6 is 11.6 Å². The van der Waals surface area contributed by atoms with Crippen molar-refractivity contribution >= 4 is 23.4 Å². The third-order valence-electron chi connectivity index (χ3n) is 2.40. The van der Waals surface area contributed by atoms with Crippen LogP contribution < -0.4 is 4.74 Å². The van der Waals surface area contributed by atoms with E-state index in [1.54, 1.807) is 6.08 Å². The van der Waals surface area contributed by atoms with Crippen molar-refractivity contribution in [2.24, 2.45) is 0 Å². The van der Waals surface area contributed by atoms with Gasteiger partial charge in [-0.1, -0.05) is 48.0 Å². The van der Waals surface area contributed by atoms with Gasteiger partial charge in [0, 0.05) is 0 Å². The van der Waals surface area contributed by atoms with E-state index in [2.05, 4.69) is 4.98 Å². The summed E-state index contributed by atoms with van der Waals surface area (Å²) in [4.78, 5) is 14.0. The first-order chi connectivity index (χ1) is 9.65. The standard InChI is InChI=1S/C14H11ClN2O3/c15-13-9-12(17(18)19)10-14(16-13)20-8-4-7-11-5-2-1-3-6-11/h1-7,9-10H,8H2/b7-4+. The zero-order chi connectivity index (χ0) is 14.4. The summed E-state index contributed by atoms with van der Waals surface area (Å²) < 4.78 is 5.31. The SMILES string of the molecule is O=[N+]([O-])c1cc(Cl)nc(OC/C=C/c2ccccc2)c1. The molecule has 0 bridgehead atoms. The number of nitro groups is 1. The third-order valence-corrected chi connectivity index (χ3v) is 2.60. The molecule has 2 aromatic rings. The van der Waals surface area contributed by atoms with E-state index in [4.69, 9.17) is 16.3 Å². The summed E-state index contributed by atoms with van der Waals surface area (Å²) in [6.07, 6.45) is 3.68. The Morgan fingerprint density at radius 2 is 2.05 bits per heavy atom. The molecule has 0 saturated carbocycles. The van der Waals surface area contributed by atoms with Crippen molar-refractivity contribution in [1.29, 1.82) is 0 Å². The highest BCUT2D eigenvalue weighted by atomic mass is 35.5. The van der Waals surface area contributed by atoms with Gasteiger partial charge in [0.2, 0.25) is 5.88 Å². The molecule has 20 heavy (non-hydrogen) atoms. The molecule has 6 heteroatoms. The molecule has 0 unspecified atom stereocenters. The lowest BCUT2D eigenvalue weighted by Crippen LogP contribution is -1.98. The number of nitrogens with zero attached hydrogens (tertiary/aromatic N) is 2. The first kappa shape index (κ1) is 14.0. The van der Waals surface area contributed by atoms with Crippen molar-refractivity contribution in [3.05, 3.63) is 69.4 Å². The van der Waals surface area contributed by atoms with Crippen molar-refractivity contribution in [1.82, 2.24) is 4.98 Å². The molecular formula is C14H11ClN2O3. The predicted octanol–water partition coefficient (Wildman–Crippen LogP) is 3.74. The lowest BCUT2D eigenvalue weighted by atomic mass is 10.2. The van der Waals surface area contributed by atoms with Gasteiger partial charge in [0.25, 0.3) is 5.69 Å². The Labute approximate surface area is 120 Å². The van der Waals surface area contributed by atoms with Gasteiger partial charge in [-0.15, -0.1) is 0 Å². The highest BCUT2D eigenvalue weighted by molar-refractivity contribution is 6.29. The van der Waals surface area contributed by atoms with Gasteiger partial charge in [0.1, 0.15) is 11.8 Å². The topological polar surface area (TPSA) is 65.3 Å². The molecule has 1 aromatic heterocycles. The molecule has 102 valence electrons. The largest absolute Gasteiger partial charge is 0.473 e. The van der Waals surface area contributed by atoms with Gasteiger partial charge in [-0.2, -0.15) is 0 Å². The molecule has 0 atom stereocenters. The van der Waals surface area contributed by atoms with Crippen LogP contribution in [0, 0.1) is 10.1 Å². The monoisotopic (exact) mass is 290 g/mol. The summed E-state index contributed by atoms with van der Waals surface area (Å²) in [5, 5.41) is 10.7. The second-order valence-corrected chi connectivity index (χ2v) is 4.25. The zero-order valence-electron chi connectivity index (χ0n) is 10.4. The molecule has 0 aliphatic heterocycles. The van der Waals surface area contributed by atoms with Gasteiger partial charge in [-0.3, -0.25) is 10.1 Å². The molecule has 0 saturated heterocycles. The Balaban J connectivity index is 1.97. The smallest absolute Gasteiger partial charge is 0.277 e. The van der Waals surface area contributed by atoms with Crippen LogP contribution in [-0.4, -0.2) is 16.5 Å². The fraction of sp³-hybridized carbons (Fsp3) is 0.0714. The van der Waals surface area contributed by atoms with E-state index in [1.165, 1.54) is 12.1 Å². The number of halogens is 1. The van der Waals surface area contributed by atoms with Crippen LogP contribution in [0.1, 0.15) is 5.56 Å². The maximum absolute atomic E-state index is 10.7. The number of ether oxygens (including phenoxy) is 1. The predicted molar refractivity (Wildman–Crippen MR) is 76.9 cm³/mol. The van der Waals surface area contributed by atoms with Crippen LogP contribution in [0.4, 0.5) is 5.69 Å². The molecule has 0 aliphatic rings. The Bertz CT molecular complexity index is 630. The van der Waals surface area contributed by atoms with E-state index in [0.717, 1.165) is 5.56 Å². The summed E-state index contributed by atoms with van der Waals surface area (Å²) in [5.41, 5.74) is 0.896. The van der Waals surface area contributed by atoms with Crippen LogP contribution in [0.3, 0.4) is 0 Å². The van der Waals surface area contributed by atoms with Crippen LogP contribution in [-0.2, 0) is 0 Å². The maximum atomic E-state index is 10.7. The quantitative estimate of drug-likeness (QED) is 0.478. The average Bonchev–Trinajstić information content (AvgIpc) is 2.44. The van der Waals surface area contributed by atoms with E-state index in [1.807, 2.05) is 36.4 Å². The fourth-order valence-electron chi connectivity index (χ4n) is 1.52. The lowest BCUT2D eigenvalue weighted by Gasteiger charge is -2.02. The minimum Gasteiger partial charge on any atom is -0.473 e. The van der Waals surface area contributed by atoms with Gasteiger partial charge < -0.3 is 4.74 Å². The first-order valence-electron chi connectivity index (χ1n) is 5.81. The van der Waals surface area contributed by atoms with Crippen molar-refractivity contribution in [2.75, 3.05) is 6.61 Å². The van der Waals surface area contributed by atoms with Gasteiger partial charge in [0.05, 0.1) is 17.1 Å². The summed E-state index contributed by atoms with van der Waals surface area (Å²) in [7, 11) is 0. The van der Waals surface area contributed by atoms with Gasteiger partial charge >= 0.3 is 0 Å². The highest BCUT2D eigenvalue weighted by Crippen LogP contribution is 2.21. The molecule has 0 spiro atoms. The highest BCUT2D eigenvalue weighted by Gasteiger charge is 2.10. The van der Waals surface area contributed by atoms with E-state index in [0.29, 0.717) is 0 Å². The fourth-order valence-corrected chi connectivity index (χ4v) is 1.72. The Morgan fingerprint density at radius 3 is 2.75 bits per heavy atom. The number of hydrogen-bond acceptors (Lipinski definition) is 4. The molecule has 0 aliphatic carbocycles. The van der Waals surface area contributed by atoms with Crippen LogP contribution in [0.2, 0.25) is 5.15 Å². The number of benzene rings is 1. The number of hydrogen-bond donors (Lipinski definition) is 0. The number of rotatable bonds is 5. The van der Waals surface area contributed by atoms with Crippen molar-refractivity contribution in [3.8, 4) is 5.88 Å². The van der Waals surface area contributed by atoms with E-state index < -0.39 is 4.92 Å². The van der Waals surface area contributed by atoms with Crippen molar-refractivity contribution in [2.45, 2.75) is 0 Å². The van der Waals surface area contributed by atoms with Gasteiger partial charge in [0.15, 0.2) is 0 Å². The van der Waals surface area contributed by atoms with Crippen LogP contribution in [0.25, 0.3) is 6.08 Å². The summed E-state index contributed by atoms with van der Waals surface area (Å²) in [6.45, 7) is 0.249. The third kappa shape index (κ3) is 4.07. The normalized spacial score (nSPS) is 10.7. The van der Waals surface area contributed by atoms with Gasteiger partial charge in [-0.05, 0) is 11.6 Å². The van der Waals surface area contributed by atoms with E-state index in [9.17, 15) is 10.1 Å². The molecule has 2 rings (SSSR count). The summed E-state index contributed by atoms with van der Waals surface area (Å²) in [6, 6.07) is 12.1.